The summed E-state index contributed by atoms with van der Waals surface area (Å²) in [6, 6.07) is 9.29. The zero-order valence-corrected chi connectivity index (χ0v) is 19.4. The molecular weight excluding hydrogens is 402 g/mol. The van der Waals surface area contributed by atoms with E-state index in [2.05, 4.69) is 24.0 Å². The first-order valence-corrected chi connectivity index (χ1v) is 11.2. The molecule has 0 fully saturated rings. The second kappa shape index (κ2) is 9.57. The number of ether oxygens (including phenoxy) is 2. The van der Waals surface area contributed by atoms with Crippen molar-refractivity contribution in [2.45, 2.75) is 33.1 Å². The third-order valence-corrected chi connectivity index (χ3v) is 6.12. The lowest BCUT2D eigenvalue weighted by atomic mass is 9.99. The first-order chi connectivity index (χ1) is 15.5. The molecule has 0 unspecified atom stereocenters. The summed E-state index contributed by atoms with van der Waals surface area (Å²) in [7, 11) is 3.20. The molecule has 0 saturated heterocycles. The Hall–Kier alpha value is -3.12. The molecule has 1 aromatic carbocycles. The number of rotatable bonds is 7. The van der Waals surface area contributed by atoms with Crippen molar-refractivity contribution >= 4 is 11.2 Å². The van der Waals surface area contributed by atoms with Crippen molar-refractivity contribution in [3.05, 3.63) is 64.1 Å². The summed E-state index contributed by atoms with van der Waals surface area (Å²) >= 11 is 0. The van der Waals surface area contributed by atoms with E-state index < -0.39 is 0 Å². The second-order valence-electron chi connectivity index (χ2n) is 8.29. The Morgan fingerprint density at radius 1 is 1.06 bits per heavy atom. The van der Waals surface area contributed by atoms with E-state index in [-0.39, 0.29) is 5.56 Å². The van der Waals surface area contributed by atoms with Crippen molar-refractivity contribution < 1.29 is 9.47 Å². The van der Waals surface area contributed by atoms with Gasteiger partial charge in [-0.15, -0.1) is 0 Å². The van der Waals surface area contributed by atoms with E-state index in [1.807, 2.05) is 31.3 Å². The first-order valence-electron chi connectivity index (χ1n) is 11.2. The van der Waals surface area contributed by atoms with E-state index in [1.165, 1.54) is 18.4 Å². The van der Waals surface area contributed by atoms with E-state index in [0.717, 1.165) is 42.7 Å². The van der Waals surface area contributed by atoms with Gasteiger partial charge in [-0.1, -0.05) is 19.4 Å². The Kier molecular flexibility index (Phi) is 6.61. The van der Waals surface area contributed by atoms with E-state index in [9.17, 15) is 4.79 Å². The normalized spacial score (nSPS) is 14.4. The molecule has 0 N–H and O–H groups in total. The molecule has 0 radical (unpaired) electrons. The van der Waals surface area contributed by atoms with Crippen LogP contribution in [0.25, 0.3) is 22.5 Å². The van der Waals surface area contributed by atoms with Crippen LogP contribution in [-0.2, 0) is 0 Å². The summed E-state index contributed by atoms with van der Waals surface area (Å²) in [5.74, 6) is 1.25. The van der Waals surface area contributed by atoms with E-state index >= 15 is 0 Å². The smallest absolute Gasteiger partial charge is 0.258 e. The highest BCUT2D eigenvalue weighted by Crippen LogP contribution is 2.32. The number of aryl methyl sites for hydroxylation is 1. The standard InChI is InChI=1S/C26H31N3O3/c1-5-6-11-28-12-9-19(10-13-28)21-14-18(2)26-27-22(16-25(30)29(26)17-21)20-7-8-23(31-3)24(15-20)32-4/h7-9,14-17H,5-6,10-13H2,1-4H3. The highest BCUT2D eigenvalue weighted by atomic mass is 16.5. The summed E-state index contributed by atoms with van der Waals surface area (Å²) in [6.07, 6.45) is 7.69. The molecule has 4 rings (SSSR count). The fraction of sp³-hybridized carbons (Fsp3) is 0.385. The summed E-state index contributed by atoms with van der Waals surface area (Å²) in [6.45, 7) is 7.43. The molecule has 168 valence electrons. The van der Waals surface area contributed by atoms with Gasteiger partial charge in [0.05, 0.1) is 19.9 Å². The maximum absolute atomic E-state index is 13.0. The van der Waals surface area contributed by atoms with Crippen LogP contribution >= 0.6 is 0 Å². The number of benzene rings is 1. The van der Waals surface area contributed by atoms with E-state index in [4.69, 9.17) is 14.5 Å². The van der Waals surface area contributed by atoms with Gasteiger partial charge in [0, 0.05) is 30.9 Å². The maximum atomic E-state index is 13.0. The van der Waals surface area contributed by atoms with Crippen LogP contribution < -0.4 is 15.0 Å². The number of pyridine rings is 1. The fourth-order valence-corrected chi connectivity index (χ4v) is 4.25. The van der Waals surface area contributed by atoms with Gasteiger partial charge in [0.25, 0.3) is 5.56 Å². The lowest BCUT2D eigenvalue weighted by Gasteiger charge is -2.26. The Bertz CT molecular complexity index is 1210. The molecule has 0 amide bonds. The monoisotopic (exact) mass is 433 g/mol. The van der Waals surface area contributed by atoms with Gasteiger partial charge in [0.2, 0.25) is 0 Å². The van der Waals surface area contributed by atoms with Gasteiger partial charge < -0.3 is 9.47 Å². The topological polar surface area (TPSA) is 56.1 Å². The van der Waals surface area contributed by atoms with Crippen molar-refractivity contribution in [2.24, 2.45) is 0 Å². The highest BCUT2D eigenvalue weighted by molar-refractivity contribution is 5.70. The number of aromatic nitrogens is 2. The Morgan fingerprint density at radius 2 is 1.88 bits per heavy atom. The van der Waals surface area contributed by atoms with Gasteiger partial charge in [-0.25, -0.2) is 4.98 Å². The van der Waals surface area contributed by atoms with Crippen molar-refractivity contribution in [3.63, 3.8) is 0 Å². The Labute approximate surface area is 189 Å². The van der Waals surface area contributed by atoms with Gasteiger partial charge in [0.1, 0.15) is 5.65 Å². The van der Waals surface area contributed by atoms with Crippen LogP contribution in [0.2, 0.25) is 0 Å². The van der Waals surface area contributed by atoms with Gasteiger partial charge >= 0.3 is 0 Å². The number of methoxy groups -OCH3 is 2. The number of fused-ring (bicyclic) bond motifs is 1. The molecule has 0 spiro atoms. The zero-order valence-electron chi connectivity index (χ0n) is 19.4. The summed E-state index contributed by atoms with van der Waals surface area (Å²) in [5.41, 5.74) is 5.41. The quantitative estimate of drug-likeness (QED) is 0.546. The van der Waals surface area contributed by atoms with Crippen molar-refractivity contribution in [1.29, 1.82) is 0 Å². The number of hydrogen-bond acceptors (Lipinski definition) is 5. The minimum absolute atomic E-state index is 0.0919. The lowest BCUT2D eigenvalue weighted by Crippen LogP contribution is -2.29. The minimum Gasteiger partial charge on any atom is -0.493 e. The van der Waals surface area contributed by atoms with Crippen LogP contribution in [0.5, 0.6) is 11.5 Å². The summed E-state index contributed by atoms with van der Waals surface area (Å²) < 4.78 is 12.4. The molecule has 1 aliphatic heterocycles. The van der Waals surface area contributed by atoms with Gasteiger partial charge in [0.15, 0.2) is 11.5 Å². The van der Waals surface area contributed by atoms with Crippen LogP contribution in [0.1, 0.15) is 37.3 Å². The molecule has 1 aliphatic rings. The zero-order chi connectivity index (χ0) is 22.7. The Balaban J connectivity index is 1.69. The minimum atomic E-state index is -0.0919. The molecule has 0 saturated carbocycles. The number of hydrogen-bond donors (Lipinski definition) is 0. The average molecular weight is 434 g/mol. The molecule has 32 heavy (non-hydrogen) atoms. The molecule has 3 aromatic rings. The second-order valence-corrected chi connectivity index (χ2v) is 8.29. The average Bonchev–Trinajstić information content (AvgIpc) is 2.82. The van der Waals surface area contributed by atoms with Crippen LogP contribution in [0.3, 0.4) is 0 Å². The lowest BCUT2D eigenvalue weighted by molar-refractivity contribution is 0.297. The van der Waals surface area contributed by atoms with E-state index in [0.29, 0.717) is 22.8 Å². The third-order valence-electron chi connectivity index (χ3n) is 6.12. The SMILES string of the molecule is CCCCN1CC=C(c2cc(C)c3nc(-c4ccc(OC)c(OC)c4)cc(=O)n3c2)CC1. The van der Waals surface area contributed by atoms with Gasteiger partial charge in [-0.2, -0.15) is 0 Å². The third kappa shape index (κ3) is 4.41. The van der Waals surface area contributed by atoms with Crippen LogP contribution in [0.15, 0.2) is 47.4 Å². The molecule has 0 aliphatic carbocycles. The molecule has 2 aromatic heterocycles. The van der Waals surface area contributed by atoms with Crippen LogP contribution in [0.4, 0.5) is 0 Å². The molecule has 6 heteroatoms. The highest BCUT2D eigenvalue weighted by Gasteiger charge is 2.16. The predicted molar refractivity (Wildman–Crippen MR) is 129 cm³/mol. The van der Waals surface area contributed by atoms with Gasteiger partial charge in [-0.3, -0.25) is 14.1 Å². The fourth-order valence-electron chi connectivity index (χ4n) is 4.25. The summed E-state index contributed by atoms with van der Waals surface area (Å²) in [5, 5.41) is 0. The first kappa shape index (κ1) is 22.1. The molecular formula is C26H31N3O3. The molecule has 6 nitrogen and oxygen atoms in total. The summed E-state index contributed by atoms with van der Waals surface area (Å²) in [4.78, 5) is 20.3. The van der Waals surface area contributed by atoms with Crippen molar-refractivity contribution in [1.82, 2.24) is 14.3 Å². The molecule has 0 atom stereocenters. The largest absolute Gasteiger partial charge is 0.493 e. The number of nitrogens with zero attached hydrogens (tertiary/aromatic N) is 3. The van der Waals surface area contributed by atoms with E-state index in [1.54, 1.807) is 24.7 Å². The van der Waals surface area contributed by atoms with Crippen molar-refractivity contribution in [3.8, 4) is 22.8 Å². The maximum Gasteiger partial charge on any atom is 0.258 e. The predicted octanol–water partition coefficient (Wildman–Crippen LogP) is 4.58. The van der Waals surface area contributed by atoms with Crippen LogP contribution in [0, 0.1) is 6.92 Å². The molecule has 3 heterocycles. The van der Waals surface area contributed by atoms with Gasteiger partial charge in [-0.05, 0) is 67.3 Å². The van der Waals surface area contributed by atoms with Crippen molar-refractivity contribution in [2.75, 3.05) is 33.9 Å². The number of unbranched alkanes of at least 4 members (excludes halogenated alkanes) is 1. The van der Waals surface area contributed by atoms with Crippen LogP contribution in [-0.4, -0.2) is 48.1 Å². The Morgan fingerprint density at radius 3 is 2.56 bits per heavy atom. The molecule has 0 bridgehead atoms.